The van der Waals surface area contributed by atoms with E-state index in [1.807, 2.05) is 24.4 Å². The number of benzene rings is 1. The molecule has 0 aliphatic rings. The van der Waals surface area contributed by atoms with Gasteiger partial charge in [0, 0.05) is 29.9 Å². The zero-order valence-electron chi connectivity index (χ0n) is 12.7. The quantitative estimate of drug-likeness (QED) is 0.805. The average molecular weight is 325 g/mol. The van der Waals surface area contributed by atoms with E-state index < -0.39 is 5.91 Å². The van der Waals surface area contributed by atoms with Crippen molar-refractivity contribution in [3.63, 3.8) is 0 Å². The number of aromatic nitrogens is 2. The maximum Gasteiger partial charge on any atom is 0.263 e. The summed E-state index contributed by atoms with van der Waals surface area (Å²) in [6.45, 7) is 1.96. The first-order valence-corrected chi connectivity index (χ1v) is 7.92. The number of hydrogen-bond donors (Lipinski definition) is 1. The van der Waals surface area contributed by atoms with E-state index in [0.29, 0.717) is 5.69 Å². The molecule has 1 amide bonds. The van der Waals surface area contributed by atoms with Crippen molar-refractivity contribution in [3.8, 4) is 11.3 Å². The van der Waals surface area contributed by atoms with Crippen molar-refractivity contribution in [1.82, 2.24) is 9.55 Å². The fraction of sp³-hybridized carbons (Fsp3) is 0.118. The summed E-state index contributed by atoms with van der Waals surface area (Å²) in [7, 11) is 1.61. The first-order chi connectivity index (χ1) is 11.0. The van der Waals surface area contributed by atoms with Crippen molar-refractivity contribution < 1.29 is 4.79 Å². The van der Waals surface area contributed by atoms with E-state index in [1.165, 1.54) is 10.6 Å². The number of hydrogen-bond acceptors (Lipinski definition) is 4. The second-order valence-corrected chi connectivity index (χ2v) is 6.18. The molecular formula is C17H15N3O2S. The van der Waals surface area contributed by atoms with Gasteiger partial charge in [0.1, 0.15) is 5.56 Å². The second kappa shape index (κ2) is 6.18. The molecule has 2 heterocycles. The molecule has 0 aliphatic carbocycles. The summed E-state index contributed by atoms with van der Waals surface area (Å²) in [4.78, 5) is 28.6. The zero-order chi connectivity index (χ0) is 16.4. The SMILES string of the molecule is Cc1nc(-c2ccc(NC(=O)c3cccn(C)c3=O)cc2)cs1. The first kappa shape index (κ1) is 15.2. The summed E-state index contributed by atoms with van der Waals surface area (Å²) in [5.74, 6) is -0.413. The van der Waals surface area contributed by atoms with Crippen LogP contribution < -0.4 is 10.9 Å². The van der Waals surface area contributed by atoms with Crippen LogP contribution in [0.3, 0.4) is 0 Å². The van der Waals surface area contributed by atoms with Gasteiger partial charge >= 0.3 is 0 Å². The van der Waals surface area contributed by atoms with Crippen molar-refractivity contribution in [1.29, 1.82) is 0 Å². The lowest BCUT2D eigenvalue weighted by Gasteiger charge is -2.06. The smallest absolute Gasteiger partial charge is 0.263 e. The Morgan fingerprint density at radius 1 is 1.22 bits per heavy atom. The molecule has 116 valence electrons. The van der Waals surface area contributed by atoms with E-state index >= 15 is 0 Å². The van der Waals surface area contributed by atoms with Crippen LogP contribution in [-0.4, -0.2) is 15.5 Å². The maximum absolute atomic E-state index is 12.2. The van der Waals surface area contributed by atoms with E-state index in [4.69, 9.17) is 0 Å². The molecule has 0 spiro atoms. The standard InChI is InChI=1S/C17H15N3O2S/c1-11-18-15(10-23-11)12-5-7-13(8-6-12)19-16(21)14-4-3-9-20(2)17(14)22/h3-10H,1-2H3,(H,19,21). The van der Waals surface area contributed by atoms with E-state index in [1.54, 1.807) is 42.8 Å². The number of pyridine rings is 1. The van der Waals surface area contributed by atoms with Gasteiger partial charge < -0.3 is 9.88 Å². The maximum atomic E-state index is 12.2. The monoisotopic (exact) mass is 325 g/mol. The predicted octanol–water partition coefficient (Wildman–Crippen LogP) is 3.07. The molecular weight excluding hydrogens is 310 g/mol. The van der Waals surface area contributed by atoms with Gasteiger partial charge in [0.2, 0.25) is 0 Å². The van der Waals surface area contributed by atoms with E-state index in [0.717, 1.165) is 16.3 Å². The van der Waals surface area contributed by atoms with Crippen molar-refractivity contribution >= 4 is 22.9 Å². The molecule has 0 saturated carbocycles. The van der Waals surface area contributed by atoms with Crippen LogP contribution in [-0.2, 0) is 7.05 Å². The number of anilines is 1. The van der Waals surface area contributed by atoms with Crippen LogP contribution in [0.4, 0.5) is 5.69 Å². The topological polar surface area (TPSA) is 64.0 Å². The Bertz CT molecular complexity index is 910. The Labute approximate surface area is 137 Å². The van der Waals surface area contributed by atoms with E-state index in [2.05, 4.69) is 10.3 Å². The van der Waals surface area contributed by atoms with Crippen LogP contribution in [0.15, 0.2) is 52.8 Å². The van der Waals surface area contributed by atoms with E-state index in [-0.39, 0.29) is 11.1 Å². The van der Waals surface area contributed by atoms with E-state index in [9.17, 15) is 9.59 Å². The molecule has 0 radical (unpaired) electrons. The Morgan fingerprint density at radius 3 is 2.61 bits per heavy atom. The molecule has 0 unspecified atom stereocenters. The van der Waals surface area contributed by atoms with Gasteiger partial charge in [-0.1, -0.05) is 12.1 Å². The molecule has 1 N–H and O–H groups in total. The molecule has 0 aliphatic heterocycles. The highest BCUT2D eigenvalue weighted by Gasteiger charge is 2.11. The molecule has 3 rings (SSSR count). The minimum Gasteiger partial charge on any atom is -0.322 e. The van der Waals surface area contributed by atoms with Crippen molar-refractivity contribution in [2.24, 2.45) is 7.05 Å². The van der Waals surface area contributed by atoms with Crippen LogP contribution in [0.25, 0.3) is 11.3 Å². The number of aryl methyl sites for hydroxylation is 2. The van der Waals surface area contributed by atoms with Crippen LogP contribution in [0.2, 0.25) is 0 Å². The molecule has 6 heteroatoms. The van der Waals surface area contributed by atoms with Crippen LogP contribution in [0.1, 0.15) is 15.4 Å². The van der Waals surface area contributed by atoms with Gasteiger partial charge in [0.15, 0.2) is 0 Å². The number of amides is 1. The third-order valence-electron chi connectivity index (χ3n) is 3.43. The van der Waals surface area contributed by atoms with Gasteiger partial charge in [0.05, 0.1) is 10.7 Å². The Kier molecular flexibility index (Phi) is 4.08. The molecule has 2 aromatic heterocycles. The van der Waals surface area contributed by atoms with Gasteiger partial charge in [-0.3, -0.25) is 9.59 Å². The number of nitrogens with one attached hydrogen (secondary N) is 1. The Morgan fingerprint density at radius 2 is 1.96 bits per heavy atom. The summed E-state index contributed by atoms with van der Waals surface area (Å²) in [6.07, 6.45) is 1.61. The van der Waals surface area contributed by atoms with Crippen molar-refractivity contribution in [2.45, 2.75) is 6.92 Å². The minimum atomic E-state index is -0.413. The third kappa shape index (κ3) is 3.22. The molecule has 0 saturated heterocycles. The minimum absolute atomic E-state index is 0.120. The average Bonchev–Trinajstić information content (AvgIpc) is 2.97. The molecule has 3 aromatic rings. The highest BCUT2D eigenvalue weighted by molar-refractivity contribution is 7.09. The summed E-state index contributed by atoms with van der Waals surface area (Å²) in [5, 5.41) is 5.75. The number of carbonyl (C=O) groups is 1. The molecule has 23 heavy (non-hydrogen) atoms. The molecule has 0 fully saturated rings. The van der Waals surface area contributed by atoms with Crippen LogP contribution in [0, 0.1) is 6.92 Å². The van der Waals surface area contributed by atoms with Gasteiger partial charge in [0.25, 0.3) is 11.5 Å². The first-order valence-electron chi connectivity index (χ1n) is 7.04. The van der Waals surface area contributed by atoms with Crippen LogP contribution >= 0.6 is 11.3 Å². The van der Waals surface area contributed by atoms with Gasteiger partial charge in [-0.15, -0.1) is 11.3 Å². The van der Waals surface area contributed by atoms with Crippen molar-refractivity contribution in [3.05, 3.63) is 68.9 Å². The summed E-state index contributed by atoms with van der Waals surface area (Å²) < 4.78 is 1.38. The largest absolute Gasteiger partial charge is 0.322 e. The fourth-order valence-corrected chi connectivity index (χ4v) is 2.81. The second-order valence-electron chi connectivity index (χ2n) is 5.12. The lowest BCUT2D eigenvalue weighted by Crippen LogP contribution is -2.26. The third-order valence-corrected chi connectivity index (χ3v) is 4.20. The molecule has 1 aromatic carbocycles. The summed E-state index contributed by atoms with van der Waals surface area (Å²) in [5.41, 5.74) is 2.34. The molecule has 0 atom stereocenters. The lowest BCUT2D eigenvalue weighted by atomic mass is 10.1. The fourth-order valence-electron chi connectivity index (χ4n) is 2.19. The lowest BCUT2D eigenvalue weighted by molar-refractivity contribution is 0.102. The van der Waals surface area contributed by atoms with Crippen LogP contribution in [0.5, 0.6) is 0 Å². The summed E-state index contributed by atoms with van der Waals surface area (Å²) >= 11 is 1.60. The summed E-state index contributed by atoms with van der Waals surface area (Å²) in [6, 6.07) is 10.6. The van der Waals surface area contributed by atoms with Gasteiger partial charge in [-0.2, -0.15) is 0 Å². The normalized spacial score (nSPS) is 10.5. The van der Waals surface area contributed by atoms with Gasteiger partial charge in [-0.05, 0) is 31.2 Å². The van der Waals surface area contributed by atoms with Crippen molar-refractivity contribution in [2.75, 3.05) is 5.32 Å². The Hall–Kier alpha value is -2.73. The number of rotatable bonds is 3. The highest BCUT2D eigenvalue weighted by Crippen LogP contribution is 2.23. The highest BCUT2D eigenvalue weighted by atomic mass is 32.1. The number of carbonyl (C=O) groups excluding carboxylic acids is 1. The predicted molar refractivity (Wildman–Crippen MR) is 91.9 cm³/mol. The zero-order valence-corrected chi connectivity index (χ0v) is 13.6. The number of thiazole rings is 1. The Balaban J connectivity index is 1.79. The number of nitrogens with zero attached hydrogens (tertiary/aromatic N) is 2. The van der Waals surface area contributed by atoms with Gasteiger partial charge in [-0.25, -0.2) is 4.98 Å². The molecule has 0 bridgehead atoms. The molecule has 5 nitrogen and oxygen atoms in total.